The summed E-state index contributed by atoms with van der Waals surface area (Å²) in [6.45, 7) is 0.120. The third kappa shape index (κ3) is 4.99. The number of hydrogen-bond acceptors (Lipinski definition) is 4. The number of fused-ring (bicyclic) bond motifs is 1. The van der Waals surface area contributed by atoms with E-state index in [1.54, 1.807) is 48.5 Å². The zero-order valence-electron chi connectivity index (χ0n) is 19.1. The number of benzene rings is 3. The number of amides is 4. The highest BCUT2D eigenvalue weighted by Crippen LogP contribution is 2.24. The molecule has 0 spiro atoms. The van der Waals surface area contributed by atoms with Crippen LogP contribution < -0.4 is 10.6 Å². The first-order valence-corrected chi connectivity index (χ1v) is 11.7. The van der Waals surface area contributed by atoms with Crippen molar-refractivity contribution in [2.24, 2.45) is 0 Å². The van der Waals surface area contributed by atoms with Gasteiger partial charge in [0, 0.05) is 18.0 Å². The molecule has 176 valence electrons. The Labute approximate surface area is 203 Å². The third-order valence-corrected chi connectivity index (χ3v) is 6.26. The molecule has 7 nitrogen and oxygen atoms in total. The van der Waals surface area contributed by atoms with Gasteiger partial charge in [0.15, 0.2) is 0 Å². The highest BCUT2D eigenvalue weighted by atomic mass is 16.2. The second-order valence-electron chi connectivity index (χ2n) is 8.94. The van der Waals surface area contributed by atoms with Crippen molar-refractivity contribution in [2.75, 3.05) is 0 Å². The fourth-order valence-corrected chi connectivity index (χ4v) is 4.16. The number of nitrogens with zero attached hydrogens (tertiary/aromatic N) is 1. The van der Waals surface area contributed by atoms with Gasteiger partial charge in [0.25, 0.3) is 17.7 Å². The van der Waals surface area contributed by atoms with E-state index in [4.69, 9.17) is 0 Å². The molecule has 1 aliphatic heterocycles. The van der Waals surface area contributed by atoms with Crippen molar-refractivity contribution in [3.05, 3.63) is 107 Å². The van der Waals surface area contributed by atoms with Crippen LogP contribution >= 0.6 is 0 Å². The van der Waals surface area contributed by atoms with Crippen molar-refractivity contribution in [3.63, 3.8) is 0 Å². The molecule has 0 radical (unpaired) electrons. The minimum atomic E-state index is -0.691. The van der Waals surface area contributed by atoms with E-state index in [0.29, 0.717) is 23.1 Å². The van der Waals surface area contributed by atoms with Crippen LogP contribution in [0.3, 0.4) is 0 Å². The van der Waals surface area contributed by atoms with Crippen LogP contribution in [0.4, 0.5) is 0 Å². The van der Waals surface area contributed by atoms with Gasteiger partial charge in [-0.2, -0.15) is 0 Å². The van der Waals surface area contributed by atoms with Crippen molar-refractivity contribution < 1.29 is 19.2 Å². The molecule has 1 fully saturated rings. The number of imide groups is 1. The Morgan fingerprint density at radius 3 is 2.00 bits per heavy atom. The molecule has 3 aromatic carbocycles. The van der Waals surface area contributed by atoms with Crippen molar-refractivity contribution in [1.29, 1.82) is 0 Å². The predicted octanol–water partition coefficient (Wildman–Crippen LogP) is 3.10. The molecule has 1 heterocycles. The van der Waals surface area contributed by atoms with Gasteiger partial charge in [-0.1, -0.05) is 54.6 Å². The number of nitrogens with one attached hydrogen (secondary N) is 2. The second kappa shape index (κ2) is 9.54. The summed E-state index contributed by atoms with van der Waals surface area (Å²) in [5.74, 6) is -1.19. The standard InChI is InChI=1S/C28H25N3O4/c32-25(30-24(26(33)29-21-14-15-21)16-18-6-2-1-3-7-18)20-12-10-19(11-13-20)17-31-27(34)22-8-4-5-9-23(22)28(31)35/h1-13,21,24H,14-17H2,(H,29,33)(H,30,32). The highest BCUT2D eigenvalue weighted by molar-refractivity contribution is 6.21. The molecule has 35 heavy (non-hydrogen) atoms. The second-order valence-corrected chi connectivity index (χ2v) is 8.94. The Hall–Kier alpha value is -4.26. The third-order valence-electron chi connectivity index (χ3n) is 6.26. The maximum absolute atomic E-state index is 13.0. The minimum absolute atomic E-state index is 0.120. The van der Waals surface area contributed by atoms with Crippen molar-refractivity contribution in [1.82, 2.24) is 15.5 Å². The molecule has 1 saturated carbocycles. The van der Waals surface area contributed by atoms with Crippen LogP contribution in [0.2, 0.25) is 0 Å². The molecular weight excluding hydrogens is 442 g/mol. The number of carbonyl (C=O) groups excluding carboxylic acids is 4. The van der Waals surface area contributed by atoms with Gasteiger partial charge in [0.1, 0.15) is 6.04 Å². The fourth-order valence-electron chi connectivity index (χ4n) is 4.16. The maximum Gasteiger partial charge on any atom is 0.261 e. The summed E-state index contributed by atoms with van der Waals surface area (Å²) in [7, 11) is 0. The first kappa shape index (κ1) is 22.5. The summed E-state index contributed by atoms with van der Waals surface area (Å²) >= 11 is 0. The Morgan fingerprint density at radius 1 is 0.800 bits per heavy atom. The van der Waals surface area contributed by atoms with Gasteiger partial charge in [-0.15, -0.1) is 0 Å². The lowest BCUT2D eigenvalue weighted by Crippen LogP contribution is -2.48. The molecule has 3 aromatic rings. The molecule has 0 saturated heterocycles. The average Bonchev–Trinajstić information content (AvgIpc) is 3.67. The SMILES string of the molecule is O=C(NC(Cc1ccccc1)C(=O)NC1CC1)c1ccc(CN2C(=O)c3ccccc3C2=O)cc1. The quantitative estimate of drug-likeness (QED) is 0.498. The summed E-state index contributed by atoms with van der Waals surface area (Å²) in [5, 5.41) is 5.84. The van der Waals surface area contributed by atoms with Crippen LogP contribution in [0.1, 0.15) is 55.0 Å². The zero-order chi connectivity index (χ0) is 24.4. The van der Waals surface area contributed by atoms with E-state index in [2.05, 4.69) is 10.6 Å². The van der Waals surface area contributed by atoms with Crippen LogP contribution in [0.25, 0.3) is 0 Å². The first-order chi connectivity index (χ1) is 17.0. The van der Waals surface area contributed by atoms with Gasteiger partial charge in [-0.3, -0.25) is 24.1 Å². The Kier molecular flexibility index (Phi) is 6.14. The first-order valence-electron chi connectivity index (χ1n) is 11.7. The van der Waals surface area contributed by atoms with E-state index < -0.39 is 6.04 Å². The van der Waals surface area contributed by atoms with E-state index >= 15 is 0 Å². The Balaban J connectivity index is 1.25. The normalized spacial score (nSPS) is 15.5. The van der Waals surface area contributed by atoms with Gasteiger partial charge in [0.05, 0.1) is 17.7 Å². The van der Waals surface area contributed by atoms with Gasteiger partial charge < -0.3 is 10.6 Å². The summed E-state index contributed by atoms with van der Waals surface area (Å²) in [4.78, 5) is 52.1. The Bertz CT molecular complexity index is 1250. The molecule has 5 rings (SSSR count). The van der Waals surface area contributed by atoms with Crippen LogP contribution in [0.5, 0.6) is 0 Å². The average molecular weight is 468 g/mol. The van der Waals surface area contributed by atoms with E-state index in [-0.39, 0.29) is 36.2 Å². The topological polar surface area (TPSA) is 95.6 Å². The van der Waals surface area contributed by atoms with E-state index in [1.807, 2.05) is 30.3 Å². The Morgan fingerprint density at radius 2 is 1.40 bits per heavy atom. The molecule has 1 unspecified atom stereocenters. The lowest BCUT2D eigenvalue weighted by atomic mass is 10.0. The maximum atomic E-state index is 13.0. The molecule has 2 aliphatic rings. The van der Waals surface area contributed by atoms with E-state index in [9.17, 15) is 19.2 Å². The fraction of sp³-hybridized carbons (Fsp3) is 0.214. The number of carbonyl (C=O) groups is 4. The van der Waals surface area contributed by atoms with E-state index in [0.717, 1.165) is 24.0 Å². The van der Waals surface area contributed by atoms with Gasteiger partial charge in [-0.25, -0.2) is 0 Å². The zero-order valence-corrected chi connectivity index (χ0v) is 19.1. The molecule has 0 bridgehead atoms. The van der Waals surface area contributed by atoms with E-state index in [1.165, 1.54) is 4.90 Å². The van der Waals surface area contributed by atoms with Crippen LogP contribution in [-0.2, 0) is 17.8 Å². The van der Waals surface area contributed by atoms with Gasteiger partial charge in [0.2, 0.25) is 5.91 Å². The minimum Gasteiger partial charge on any atom is -0.352 e. The lowest BCUT2D eigenvalue weighted by Gasteiger charge is -2.19. The van der Waals surface area contributed by atoms with Crippen molar-refractivity contribution >= 4 is 23.6 Å². The predicted molar refractivity (Wildman–Crippen MR) is 130 cm³/mol. The molecule has 4 amide bonds. The van der Waals surface area contributed by atoms with Gasteiger partial charge >= 0.3 is 0 Å². The van der Waals surface area contributed by atoms with Crippen molar-refractivity contribution in [3.8, 4) is 0 Å². The molecule has 1 atom stereocenters. The highest BCUT2D eigenvalue weighted by Gasteiger charge is 2.35. The summed E-state index contributed by atoms with van der Waals surface area (Å²) < 4.78 is 0. The smallest absolute Gasteiger partial charge is 0.261 e. The number of rotatable bonds is 8. The molecule has 1 aliphatic carbocycles. The van der Waals surface area contributed by atoms with Crippen LogP contribution in [0, 0.1) is 0 Å². The molecule has 7 heteroatoms. The van der Waals surface area contributed by atoms with Gasteiger partial charge in [-0.05, 0) is 48.2 Å². The van der Waals surface area contributed by atoms with Crippen LogP contribution in [0.15, 0.2) is 78.9 Å². The number of hydrogen-bond donors (Lipinski definition) is 2. The molecule has 0 aromatic heterocycles. The molecular formula is C28H25N3O4. The van der Waals surface area contributed by atoms with Crippen LogP contribution in [-0.4, -0.2) is 40.6 Å². The monoisotopic (exact) mass is 467 g/mol. The molecule has 2 N–H and O–H groups in total. The largest absolute Gasteiger partial charge is 0.352 e. The summed E-state index contributed by atoms with van der Waals surface area (Å²) in [5.41, 5.74) is 2.89. The summed E-state index contributed by atoms with van der Waals surface area (Å²) in [6, 6.07) is 22.5. The lowest BCUT2D eigenvalue weighted by molar-refractivity contribution is -0.123. The summed E-state index contributed by atoms with van der Waals surface area (Å²) in [6.07, 6.45) is 2.32. The van der Waals surface area contributed by atoms with Crippen molar-refractivity contribution in [2.45, 2.75) is 37.9 Å².